The van der Waals surface area contributed by atoms with Crippen LogP contribution in [0.1, 0.15) is 29.7 Å². The van der Waals surface area contributed by atoms with Crippen molar-refractivity contribution in [3.63, 3.8) is 0 Å². The first kappa shape index (κ1) is 23.1. The minimum atomic E-state index is -0.480. The Balaban J connectivity index is 1.49. The molecule has 0 spiro atoms. The molecule has 2 N–H and O–H groups in total. The number of hydrogen-bond acceptors (Lipinski definition) is 6. The van der Waals surface area contributed by atoms with Crippen molar-refractivity contribution in [3.8, 4) is 0 Å². The van der Waals surface area contributed by atoms with E-state index in [0.29, 0.717) is 33.2 Å². The van der Waals surface area contributed by atoms with Crippen molar-refractivity contribution in [2.75, 3.05) is 10.6 Å². The number of hydrogen-bond donors (Lipinski definition) is 2. The first-order valence-electron chi connectivity index (χ1n) is 11.1. The fourth-order valence-electron chi connectivity index (χ4n) is 3.99. The molecule has 0 unspecified atom stereocenters. The Bertz CT molecular complexity index is 1420. The molecule has 7 nitrogen and oxygen atoms in total. The van der Waals surface area contributed by atoms with Gasteiger partial charge in [0, 0.05) is 34.6 Å². The highest BCUT2D eigenvalue weighted by Crippen LogP contribution is 2.37. The van der Waals surface area contributed by atoms with Crippen LogP contribution in [-0.2, 0) is 10.5 Å². The van der Waals surface area contributed by atoms with Gasteiger partial charge in [0.25, 0.3) is 5.91 Å². The average molecular weight is 503 g/mol. The number of anilines is 2. The molecule has 0 saturated heterocycles. The van der Waals surface area contributed by atoms with E-state index in [4.69, 9.17) is 16.7 Å². The molecule has 0 bridgehead atoms. The van der Waals surface area contributed by atoms with Gasteiger partial charge in [-0.1, -0.05) is 65.8 Å². The third-order valence-electron chi connectivity index (χ3n) is 5.79. The van der Waals surface area contributed by atoms with E-state index in [9.17, 15) is 4.79 Å². The van der Waals surface area contributed by atoms with Gasteiger partial charge in [0.2, 0.25) is 11.1 Å². The SMILES string of the molecule is CC1=C(C(=O)Nc2ccccc2C)[C@@H](c2cccnc2)n2nc(SCc3ccccc3Cl)nc2N1. The van der Waals surface area contributed by atoms with Crippen LogP contribution in [-0.4, -0.2) is 25.7 Å². The second kappa shape index (κ2) is 9.93. The number of halogens is 1. The van der Waals surface area contributed by atoms with Gasteiger partial charge in [-0.25, -0.2) is 4.68 Å². The van der Waals surface area contributed by atoms with Crippen LogP contribution in [0.4, 0.5) is 11.6 Å². The molecule has 0 radical (unpaired) electrons. The van der Waals surface area contributed by atoms with Crippen molar-refractivity contribution < 1.29 is 4.79 Å². The molecule has 4 aromatic rings. The van der Waals surface area contributed by atoms with Gasteiger partial charge in [-0.05, 0) is 48.7 Å². The Labute approximate surface area is 212 Å². The predicted octanol–water partition coefficient (Wildman–Crippen LogP) is 5.85. The van der Waals surface area contributed by atoms with Gasteiger partial charge < -0.3 is 10.6 Å². The lowest BCUT2D eigenvalue weighted by atomic mass is 9.96. The smallest absolute Gasteiger partial charge is 0.255 e. The highest BCUT2D eigenvalue weighted by molar-refractivity contribution is 7.98. The van der Waals surface area contributed by atoms with Gasteiger partial charge in [0.1, 0.15) is 6.04 Å². The number of carbonyl (C=O) groups is 1. The monoisotopic (exact) mass is 502 g/mol. The number of aryl methyl sites for hydroxylation is 1. The lowest BCUT2D eigenvalue weighted by molar-refractivity contribution is -0.113. The molecule has 2 aromatic carbocycles. The Kier molecular flexibility index (Phi) is 6.57. The molecular formula is C26H23ClN6OS. The first-order valence-corrected chi connectivity index (χ1v) is 12.4. The van der Waals surface area contributed by atoms with E-state index in [1.165, 1.54) is 11.8 Å². The summed E-state index contributed by atoms with van der Waals surface area (Å²) < 4.78 is 1.76. The van der Waals surface area contributed by atoms with E-state index in [-0.39, 0.29) is 5.91 Å². The summed E-state index contributed by atoms with van der Waals surface area (Å²) in [6.07, 6.45) is 3.47. The van der Waals surface area contributed by atoms with Crippen LogP contribution >= 0.6 is 23.4 Å². The summed E-state index contributed by atoms with van der Waals surface area (Å²) in [5, 5.41) is 12.4. The molecule has 0 saturated carbocycles. The number of amides is 1. The van der Waals surface area contributed by atoms with Crippen molar-refractivity contribution in [2.45, 2.75) is 30.8 Å². The fraction of sp³-hybridized carbons (Fsp3) is 0.154. The van der Waals surface area contributed by atoms with Gasteiger partial charge in [-0.3, -0.25) is 9.78 Å². The zero-order valence-electron chi connectivity index (χ0n) is 19.2. The number of aromatic nitrogens is 4. The van der Waals surface area contributed by atoms with Crippen LogP contribution < -0.4 is 10.6 Å². The molecule has 5 rings (SSSR count). The van der Waals surface area contributed by atoms with E-state index >= 15 is 0 Å². The Morgan fingerprint density at radius 1 is 1.11 bits per heavy atom. The number of benzene rings is 2. The third kappa shape index (κ3) is 4.80. The number of thioether (sulfide) groups is 1. The molecule has 1 atom stereocenters. The van der Waals surface area contributed by atoms with Crippen molar-refractivity contribution >= 4 is 40.9 Å². The largest absolute Gasteiger partial charge is 0.328 e. The number of rotatable bonds is 6. The second-order valence-electron chi connectivity index (χ2n) is 8.16. The number of allylic oxidation sites excluding steroid dienone is 1. The Hall–Kier alpha value is -3.62. The highest BCUT2D eigenvalue weighted by Gasteiger charge is 2.34. The number of para-hydroxylation sites is 1. The Morgan fingerprint density at radius 2 is 1.91 bits per heavy atom. The van der Waals surface area contributed by atoms with Gasteiger partial charge >= 0.3 is 0 Å². The summed E-state index contributed by atoms with van der Waals surface area (Å²) >= 11 is 7.81. The summed E-state index contributed by atoms with van der Waals surface area (Å²) in [4.78, 5) is 22.5. The van der Waals surface area contributed by atoms with Gasteiger partial charge in [-0.2, -0.15) is 4.98 Å². The first-order chi connectivity index (χ1) is 17.0. The van der Waals surface area contributed by atoms with Crippen molar-refractivity contribution in [1.29, 1.82) is 0 Å². The van der Waals surface area contributed by atoms with E-state index in [0.717, 1.165) is 22.4 Å². The number of pyridine rings is 1. The lowest BCUT2D eigenvalue weighted by Gasteiger charge is -2.28. The normalized spacial score (nSPS) is 14.9. The molecule has 1 aliphatic rings. The van der Waals surface area contributed by atoms with Crippen LogP contribution in [0.3, 0.4) is 0 Å². The third-order valence-corrected chi connectivity index (χ3v) is 7.04. The van der Waals surface area contributed by atoms with Crippen LogP contribution in [0.25, 0.3) is 0 Å². The maximum Gasteiger partial charge on any atom is 0.255 e. The summed E-state index contributed by atoms with van der Waals surface area (Å²) in [5.41, 5.74) is 4.88. The van der Waals surface area contributed by atoms with Gasteiger partial charge in [0.05, 0.1) is 5.57 Å². The van der Waals surface area contributed by atoms with E-state index in [2.05, 4.69) is 20.6 Å². The topological polar surface area (TPSA) is 84.7 Å². The fourth-order valence-corrected chi connectivity index (χ4v) is 5.11. The summed E-state index contributed by atoms with van der Waals surface area (Å²) in [7, 11) is 0. The van der Waals surface area contributed by atoms with Crippen LogP contribution in [0.2, 0.25) is 5.02 Å². The molecule has 176 valence electrons. The van der Waals surface area contributed by atoms with Crippen LogP contribution in [0, 0.1) is 6.92 Å². The molecule has 9 heteroatoms. The molecule has 35 heavy (non-hydrogen) atoms. The molecule has 1 amide bonds. The zero-order valence-corrected chi connectivity index (χ0v) is 20.8. The standard InChI is InChI=1S/C26H23ClN6OS/c1-16-8-3-6-12-21(16)30-24(34)22-17(2)29-25-31-26(35-15-19-9-4-5-11-20(19)27)32-33(25)23(22)18-10-7-13-28-14-18/h3-14,23H,15H2,1-2H3,(H,30,34)(H,29,31,32)/t23-/m1/s1. The molecule has 0 aliphatic carbocycles. The molecule has 0 fully saturated rings. The number of nitrogens with one attached hydrogen (secondary N) is 2. The van der Waals surface area contributed by atoms with Crippen LogP contribution in [0.5, 0.6) is 0 Å². The highest BCUT2D eigenvalue weighted by atomic mass is 35.5. The number of carbonyl (C=O) groups excluding carboxylic acids is 1. The van der Waals surface area contributed by atoms with E-state index in [1.807, 2.05) is 74.5 Å². The summed E-state index contributed by atoms with van der Waals surface area (Å²) in [6, 6.07) is 18.7. The summed E-state index contributed by atoms with van der Waals surface area (Å²) in [6.45, 7) is 3.84. The van der Waals surface area contributed by atoms with Crippen LogP contribution in [0.15, 0.2) is 89.5 Å². The predicted molar refractivity (Wildman–Crippen MR) is 140 cm³/mol. The minimum Gasteiger partial charge on any atom is -0.328 e. The van der Waals surface area contributed by atoms with E-state index < -0.39 is 6.04 Å². The summed E-state index contributed by atoms with van der Waals surface area (Å²) in [5.74, 6) is 1.00. The maximum absolute atomic E-state index is 13.6. The maximum atomic E-state index is 13.6. The number of fused-ring (bicyclic) bond motifs is 1. The molecular weight excluding hydrogens is 480 g/mol. The van der Waals surface area contributed by atoms with Gasteiger partial charge in [0.15, 0.2) is 0 Å². The second-order valence-corrected chi connectivity index (χ2v) is 9.51. The van der Waals surface area contributed by atoms with Crippen molar-refractivity contribution in [2.24, 2.45) is 0 Å². The minimum absolute atomic E-state index is 0.204. The molecule has 1 aliphatic heterocycles. The lowest BCUT2D eigenvalue weighted by Crippen LogP contribution is -2.31. The van der Waals surface area contributed by atoms with Crippen molar-refractivity contribution in [1.82, 2.24) is 19.7 Å². The zero-order chi connectivity index (χ0) is 24.4. The Morgan fingerprint density at radius 3 is 2.69 bits per heavy atom. The van der Waals surface area contributed by atoms with Gasteiger partial charge in [-0.15, -0.1) is 5.10 Å². The molecule has 2 aromatic heterocycles. The number of nitrogens with zero attached hydrogens (tertiary/aromatic N) is 4. The quantitative estimate of drug-likeness (QED) is 0.321. The average Bonchev–Trinajstić information content (AvgIpc) is 3.27. The van der Waals surface area contributed by atoms with Crippen molar-refractivity contribution in [3.05, 3.63) is 106 Å². The molecule has 3 heterocycles. The van der Waals surface area contributed by atoms with E-state index in [1.54, 1.807) is 17.1 Å².